The van der Waals surface area contributed by atoms with E-state index in [1.807, 2.05) is 61.5 Å². The minimum Gasteiger partial charge on any atom is -0.415 e. The van der Waals surface area contributed by atoms with Gasteiger partial charge in [0.25, 0.3) is 11.8 Å². The van der Waals surface area contributed by atoms with Crippen LogP contribution in [0.25, 0.3) is 11.5 Å². The van der Waals surface area contributed by atoms with Crippen molar-refractivity contribution in [3.63, 3.8) is 0 Å². The normalized spacial score (nSPS) is 10.9. The summed E-state index contributed by atoms with van der Waals surface area (Å²) in [5, 5.41) is 9.85. The van der Waals surface area contributed by atoms with Crippen molar-refractivity contribution in [2.45, 2.75) is 19.5 Å². The van der Waals surface area contributed by atoms with Crippen LogP contribution in [-0.2, 0) is 17.9 Å². The van der Waals surface area contributed by atoms with Crippen LogP contribution < -0.4 is 10.2 Å². The Labute approximate surface area is 218 Å². The first-order valence-electron chi connectivity index (χ1n) is 11.9. The Morgan fingerprint density at radius 1 is 0.895 bits per heavy atom. The van der Waals surface area contributed by atoms with E-state index in [9.17, 15) is 18.4 Å². The van der Waals surface area contributed by atoms with Crippen LogP contribution in [0.3, 0.4) is 0 Å². The van der Waals surface area contributed by atoms with E-state index in [1.54, 1.807) is 36.4 Å². The molecular weight excluding hydrogens is 492 g/mol. The van der Waals surface area contributed by atoms with Gasteiger partial charge in [0.2, 0.25) is 11.8 Å². The molecule has 1 aromatic heterocycles. The standard InChI is InChI=1S/C28H27F2N5O3/c1-34(2)23-14-12-22(13-15-23)28(37)35(18-24(36)31-16-19-6-4-3-5-7-19)17-20-8-10-21(11-9-20)26-32-33-27(38-26)25(29)30/h3-15,25H,16-18H2,1-2H3,(H,31,36). The minimum atomic E-state index is -2.85. The van der Waals surface area contributed by atoms with Gasteiger partial charge in [-0.25, -0.2) is 0 Å². The average molecular weight is 520 g/mol. The molecule has 0 saturated heterocycles. The Bertz CT molecular complexity index is 1360. The van der Waals surface area contributed by atoms with Crippen molar-refractivity contribution in [3.05, 3.63) is 101 Å². The minimum absolute atomic E-state index is 0.0268. The summed E-state index contributed by atoms with van der Waals surface area (Å²) in [4.78, 5) is 29.6. The van der Waals surface area contributed by atoms with E-state index in [0.717, 1.165) is 16.8 Å². The number of carbonyl (C=O) groups is 2. The Morgan fingerprint density at radius 2 is 1.58 bits per heavy atom. The summed E-state index contributed by atoms with van der Waals surface area (Å²) in [7, 11) is 3.82. The summed E-state index contributed by atoms with van der Waals surface area (Å²) in [6.07, 6.45) is -2.85. The highest BCUT2D eigenvalue weighted by Gasteiger charge is 2.21. The molecule has 3 aromatic carbocycles. The molecule has 0 bridgehead atoms. The molecule has 0 fully saturated rings. The lowest BCUT2D eigenvalue weighted by Crippen LogP contribution is -2.40. The first kappa shape index (κ1) is 26.5. The number of hydrogen-bond donors (Lipinski definition) is 1. The van der Waals surface area contributed by atoms with Gasteiger partial charge in [-0.1, -0.05) is 42.5 Å². The third-order valence-electron chi connectivity index (χ3n) is 5.79. The number of rotatable bonds is 10. The number of nitrogens with zero attached hydrogens (tertiary/aromatic N) is 4. The molecule has 0 aliphatic heterocycles. The molecule has 1 heterocycles. The predicted molar refractivity (Wildman–Crippen MR) is 138 cm³/mol. The van der Waals surface area contributed by atoms with Crippen molar-refractivity contribution < 1.29 is 22.8 Å². The third-order valence-corrected chi connectivity index (χ3v) is 5.79. The van der Waals surface area contributed by atoms with E-state index in [4.69, 9.17) is 4.42 Å². The number of nitrogens with one attached hydrogen (secondary N) is 1. The van der Waals surface area contributed by atoms with Crippen molar-refractivity contribution in [2.24, 2.45) is 0 Å². The Kier molecular flexibility index (Phi) is 8.42. The van der Waals surface area contributed by atoms with Gasteiger partial charge in [0.15, 0.2) is 0 Å². The highest BCUT2D eigenvalue weighted by Crippen LogP contribution is 2.24. The maximum absolute atomic E-state index is 13.4. The molecule has 0 aliphatic rings. The van der Waals surface area contributed by atoms with Gasteiger partial charge in [-0.3, -0.25) is 9.59 Å². The topological polar surface area (TPSA) is 91.6 Å². The molecule has 0 saturated carbocycles. The lowest BCUT2D eigenvalue weighted by molar-refractivity contribution is -0.122. The lowest BCUT2D eigenvalue weighted by Gasteiger charge is -2.23. The number of carbonyl (C=O) groups excluding carboxylic acids is 2. The molecule has 0 radical (unpaired) electrons. The maximum Gasteiger partial charge on any atom is 0.314 e. The van der Waals surface area contributed by atoms with Crippen LogP contribution in [0, 0.1) is 0 Å². The number of hydrogen-bond acceptors (Lipinski definition) is 6. The monoisotopic (exact) mass is 519 g/mol. The zero-order valence-electron chi connectivity index (χ0n) is 21.0. The van der Waals surface area contributed by atoms with Crippen LogP contribution in [0.5, 0.6) is 0 Å². The third kappa shape index (κ3) is 6.78. The summed E-state index contributed by atoms with van der Waals surface area (Å²) in [5.41, 5.74) is 3.54. The Hall–Kier alpha value is -4.60. The number of alkyl halides is 2. The van der Waals surface area contributed by atoms with Gasteiger partial charge in [-0.05, 0) is 47.5 Å². The van der Waals surface area contributed by atoms with Gasteiger partial charge in [0.05, 0.1) is 0 Å². The van der Waals surface area contributed by atoms with E-state index in [1.165, 1.54) is 4.90 Å². The first-order valence-corrected chi connectivity index (χ1v) is 11.9. The second-order valence-electron chi connectivity index (χ2n) is 8.81. The molecule has 4 aromatic rings. The van der Waals surface area contributed by atoms with Crippen LogP contribution in [0.2, 0.25) is 0 Å². The quantitative estimate of drug-likeness (QED) is 0.327. The maximum atomic E-state index is 13.4. The van der Waals surface area contributed by atoms with Gasteiger partial charge >= 0.3 is 6.43 Å². The number of halogens is 2. The van der Waals surface area contributed by atoms with Crippen LogP contribution in [0.1, 0.15) is 33.8 Å². The summed E-state index contributed by atoms with van der Waals surface area (Å²) in [6.45, 7) is 0.350. The molecule has 0 spiro atoms. The molecule has 2 amide bonds. The molecule has 1 N–H and O–H groups in total. The first-order chi connectivity index (χ1) is 18.3. The smallest absolute Gasteiger partial charge is 0.314 e. The van der Waals surface area contributed by atoms with Crippen molar-refractivity contribution in [1.82, 2.24) is 20.4 Å². The van der Waals surface area contributed by atoms with Crippen LogP contribution in [-0.4, -0.2) is 47.6 Å². The fourth-order valence-electron chi connectivity index (χ4n) is 3.72. The van der Waals surface area contributed by atoms with Crippen molar-refractivity contribution in [3.8, 4) is 11.5 Å². The molecule has 0 atom stereocenters. The second kappa shape index (κ2) is 12.1. The SMILES string of the molecule is CN(C)c1ccc(C(=O)N(CC(=O)NCc2ccccc2)Cc2ccc(-c3nnc(C(F)F)o3)cc2)cc1. The highest BCUT2D eigenvalue weighted by molar-refractivity contribution is 5.96. The Morgan fingerprint density at radius 3 is 2.18 bits per heavy atom. The number of anilines is 1. The van der Waals surface area contributed by atoms with Crippen LogP contribution in [0.15, 0.2) is 83.3 Å². The van der Waals surface area contributed by atoms with Crippen LogP contribution in [0.4, 0.5) is 14.5 Å². The Balaban J connectivity index is 1.50. The van der Waals surface area contributed by atoms with Gasteiger partial charge < -0.3 is 19.5 Å². The van der Waals surface area contributed by atoms with Crippen molar-refractivity contribution in [1.29, 1.82) is 0 Å². The van der Waals surface area contributed by atoms with Crippen molar-refractivity contribution in [2.75, 3.05) is 25.5 Å². The number of aromatic nitrogens is 2. The molecule has 0 aliphatic carbocycles. The zero-order chi connectivity index (χ0) is 27.1. The fourth-order valence-corrected chi connectivity index (χ4v) is 3.72. The molecule has 4 rings (SSSR count). The van der Waals surface area contributed by atoms with Gasteiger partial charge in [-0.2, -0.15) is 8.78 Å². The second-order valence-corrected chi connectivity index (χ2v) is 8.81. The van der Waals surface area contributed by atoms with E-state index in [-0.39, 0.29) is 30.8 Å². The highest BCUT2D eigenvalue weighted by atomic mass is 19.3. The summed E-state index contributed by atoms with van der Waals surface area (Å²) >= 11 is 0. The molecule has 10 heteroatoms. The average Bonchev–Trinajstić information content (AvgIpc) is 3.43. The summed E-state index contributed by atoms with van der Waals surface area (Å²) < 4.78 is 30.5. The number of benzene rings is 3. The van der Waals surface area contributed by atoms with E-state index in [2.05, 4.69) is 15.5 Å². The van der Waals surface area contributed by atoms with Crippen molar-refractivity contribution >= 4 is 17.5 Å². The van der Waals surface area contributed by atoms with Gasteiger partial charge in [0.1, 0.15) is 6.54 Å². The largest absolute Gasteiger partial charge is 0.415 e. The molecule has 196 valence electrons. The van der Waals surface area contributed by atoms with Gasteiger partial charge in [-0.15, -0.1) is 10.2 Å². The molecule has 8 nitrogen and oxygen atoms in total. The van der Waals surface area contributed by atoms with E-state index in [0.29, 0.717) is 17.7 Å². The zero-order valence-corrected chi connectivity index (χ0v) is 21.0. The molecule has 38 heavy (non-hydrogen) atoms. The molecule has 0 unspecified atom stereocenters. The summed E-state index contributed by atoms with van der Waals surface area (Å²) in [5.74, 6) is -1.37. The summed E-state index contributed by atoms with van der Waals surface area (Å²) in [6, 6.07) is 23.4. The van der Waals surface area contributed by atoms with E-state index < -0.39 is 12.3 Å². The lowest BCUT2D eigenvalue weighted by atomic mass is 10.1. The van der Waals surface area contributed by atoms with Crippen LogP contribution >= 0.6 is 0 Å². The fraction of sp³-hybridized carbons (Fsp3) is 0.214. The van der Waals surface area contributed by atoms with E-state index >= 15 is 0 Å². The molecular formula is C28H27F2N5O3. The van der Waals surface area contributed by atoms with Gasteiger partial charge in [0, 0.05) is 44.0 Å². The number of amides is 2. The predicted octanol–water partition coefficient (Wildman–Crippen LogP) is 4.70.